The fourth-order valence-electron chi connectivity index (χ4n) is 0.562. The van der Waals surface area contributed by atoms with Crippen LogP contribution in [0.5, 0.6) is 0 Å². The summed E-state index contributed by atoms with van der Waals surface area (Å²) in [5.74, 6) is 0. The van der Waals surface area contributed by atoms with Crippen molar-refractivity contribution in [2.75, 3.05) is 0 Å². The third-order valence-electron chi connectivity index (χ3n) is 1.05. The van der Waals surface area contributed by atoms with Crippen molar-refractivity contribution in [1.29, 1.82) is 0 Å². The number of alkyl halides is 3. The minimum Gasteiger partial charge on any atom is -0.697 e. The Hall–Kier alpha value is -1.26. The highest BCUT2D eigenvalue weighted by Gasteiger charge is 2.31. The molecule has 0 saturated carbocycles. The van der Waals surface area contributed by atoms with E-state index in [1.807, 2.05) is 0 Å². The first kappa shape index (κ1) is 7.84. The van der Waals surface area contributed by atoms with Crippen molar-refractivity contribution in [3.05, 3.63) is 29.8 Å². The van der Waals surface area contributed by atoms with E-state index >= 15 is 0 Å². The lowest BCUT2D eigenvalue weighted by Crippen LogP contribution is -2.06. The topological polar surface area (TPSA) is 36.7 Å². The lowest BCUT2D eigenvalue weighted by atomic mass is 10.3. The second-order valence-corrected chi connectivity index (χ2v) is 1.93. The Bertz CT molecular complexity index is 239. The van der Waals surface area contributed by atoms with Gasteiger partial charge in [0.15, 0.2) is 0 Å². The van der Waals surface area contributed by atoms with Crippen LogP contribution in [0.1, 0.15) is 5.69 Å². The van der Waals surface area contributed by atoms with Gasteiger partial charge in [-0.2, -0.15) is 13.2 Å². The van der Waals surface area contributed by atoms with Gasteiger partial charge in [0.25, 0.3) is 0 Å². The molecule has 0 spiro atoms. The fraction of sp³-hybridized carbons (Fsp3) is 0.167. The van der Waals surface area contributed by atoms with Crippen LogP contribution in [0.25, 0.3) is 5.73 Å². The Kier molecular flexibility index (Phi) is 1.72. The van der Waals surface area contributed by atoms with Gasteiger partial charge < -0.3 is 5.73 Å². The van der Waals surface area contributed by atoms with Gasteiger partial charge in [-0.05, 0) is 6.07 Å². The van der Waals surface area contributed by atoms with Crippen LogP contribution in [0.4, 0.5) is 18.9 Å². The molecule has 60 valence electrons. The molecule has 0 saturated heterocycles. The van der Waals surface area contributed by atoms with E-state index in [1.54, 1.807) is 0 Å². The van der Waals surface area contributed by atoms with E-state index in [4.69, 9.17) is 5.73 Å². The maximum Gasteiger partial charge on any atom is 0.433 e. The highest BCUT2D eigenvalue weighted by molar-refractivity contribution is 5.39. The fourth-order valence-corrected chi connectivity index (χ4v) is 0.562. The largest absolute Gasteiger partial charge is 0.697 e. The third-order valence-corrected chi connectivity index (χ3v) is 1.05. The number of hydrogen-bond acceptors (Lipinski definition) is 1. The monoisotopic (exact) mass is 161 g/mol. The zero-order valence-electron chi connectivity index (χ0n) is 5.31. The Labute approximate surface area is 60.9 Å². The second kappa shape index (κ2) is 2.41. The lowest BCUT2D eigenvalue weighted by molar-refractivity contribution is -0.141. The number of halogens is 3. The van der Waals surface area contributed by atoms with Crippen LogP contribution in [0.15, 0.2) is 18.3 Å². The molecule has 1 heterocycles. The second-order valence-electron chi connectivity index (χ2n) is 1.93. The summed E-state index contributed by atoms with van der Waals surface area (Å²) in [7, 11) is 0. The molecular formula is C6H4F3N2-. The van der Waals surface area contributed by atoms with E-state index in [0.717, 1.165) is 18.3 Å². The van der Waals surface area contributed by atoms with Crippen molar-refractivity contribution in [3.8, 4) is 0 Å². The van der Waals surface area contributed by atoms with Crippen molar-refractivity contribution in [2.45, 2.75) is 6.18 Å². The molecular weight excluding hydrogens is 157 g/mol. The predicted octanol–water partition coefficient (Wildman–Crippen LogP) is 2.78. The minimum atomic E-state index is -4.41. The molecule has 0 unspecified atom stereocenters. The maximum atomic E-state index is 11.8. The normalized spacial score (nSPS) is 11.5. The molecule has 0 aliphatic carbocycles. The maximum absolute atomic E-state index is 11.8. The zero-order valence-corrected chi connectivity index (χ0v) is 5.31. The van der Waals surface area contributed by atoms with Crippen molar-refractivity contribution < 1.29 is 13.2 Å². The SMILES string of the molecule is [NH-]c1ccc(C(F)(F)F)nc1. The molecule has 1 aromatic heterocycles. The van der Waals surface area contributed by atoms with Gasteiger partial charge in [0, 0.05) is 6.20 Å². The molecule has 0 atom stereocenters. The van der Waals surface area contributed by atoms with Gasteiger partial charge in [-0.25, -0.2) is 0 Å². The van der Waals surface area contributed by atoms with Crippen LogP contribution in [-0.4, -0.2) is 4.98 Å². The van der Waals surface area contributed by atoms with Crippen LogP contribution >= 0.6 is 0 Å². The summed E-state index contributed by atoms with van der Waals surface area (Å²) >= 11 is 0. The summed E-state index contributed by atoms with van der Waals surface area (Å²) in [6.45, 7) is 0. The van der Waals surface area contributed by atoms with Gasteiger partial charge in [-0.1, -0.05) is 6.07 Å². The first-order valence-electron chi connectivity index (χ1n) is 2.75. The highest BCUT2D eigenvalue weighted by atomic mass is 19.4. The van der Waals surface area contributed by atoms with Crippen LogP contribution in [0.3, 0.4) is 0 Å². The molecule has 0 aliphatic heterocycles. The first-order chi connectivity index (χ1) is 5.00. The van der Waals surface area contributed by atoms with Crippen molar-refractivity contribution >= 4 is 5.69 Å². The number of hydrogen-bond donors (Lipinski definition) is 0. The Morgan fingerprint density at radius 1 is 1.27 bits per heavy atom. The molecule has 0 aliphatic rings. The summed E-state index contributed by atoms with van der Waals surface area (Å²) in [5, 5.41) is 0. The predicted molar refractivity (Wildman–Crippen MR) is 33.2 cm³/mol. The molecule has 2 nitrogen and oxygen atoms in total. The lowest BCUT2D eigenvalue weighted by Gasteiger charge is -2.06. The van der Waals surface area contributed by atoms with Crippen LogP contribution < -0.4 is 0 Å². The van der Waals surface area contributed by atoms with Crippen molar-refractivity contribution in [1.82, 2.24) is 4.98 Å². The van der Waals surface area contributed by atoms with Gasteiger partial charge >= 0.3 is 6.18 Å². The van der Waals surface area contributed by atoms with Crippen LogP contribution in [-0.2, 0) is 6.18 Å². The first-order valence-corrected chi connectivity index (χ1v) is 2.75. The van der Waals surface area contributed by atoms with E-state index in [2.05, 4.69) is 4.98 Å². The Morgan fingerprint density at radius 2 is 1.91 bits per heavy atom. The molecule has 0 radical (unpaired) electrons. The van der Waals surface area contributed by atoms with Crippen LogP contribution in [0, 0.1) is 0 Å². The van der Waals surface area contributed by atoms with Crippen molar-refractivity contribution in [2.24, 2.45) is 0 Å². The molecule has 0 aromatic carbocycles. The average molecular weight is 161 g/mol. The van der Waals surface area contributed by atoms with Gasteiger partial charge in [0.1, 0.15) is 5.69 Å². The number of aromatic nitrogens is 1. The number of nitrogens with one attached hydrogen (secondary N) is 1. The quantitative estimate of drug-likeness (QED) is 0.576. The third kappa shape index (κ3) is 1.83. The molecule has 1 aromatic rings. The van der Waals surface area contributed by atoms with Crippen LogP contribution in [0.2, 0.25) is 0 Å². The summed E-state index contributed by atoms with van der Waals surface area (Å²) < 4.78 is 35.4. The Balaban J connectivity index is 2.99. The summed E-state index contributed by atoms with van der Waals surface area (Å²) in [6, 6.07) is 1.83. The molecule has 0 bridgehead atoms. The number of nitrogens with zero attached hydrogens (tertiary/aromatic N) is 1. The smallest absolute Gasteiger partial charge is 0.433 e. The Morgan fingerprint density at radius 3 is 2.27 bits per heavy atom. The summed E-state index contributed by atoms with van der Waals surface area (Å²) in [6.07, 6.45) is -3.55. The summed E-state index contributed by atoms with van der Waals surface area (Å²) in [5.41, 5.74) is 5.87. The highest BCUT2D eigenvalue weighted by Crippen LogP contribution is 2.27. The van der Waals surface area contributed by atoms with Gasteiger partial charge in [-0.3, -0.25) is 4.98 Å². The van der Waals surface area contributed by atoms with E-state index in [1.165, 1.54) is 0 Å². The van der Waals surface area contributed by atoms with Crippen molar-refractivity contribution in [3.63, 3.8) is 0 Å². The number of rotatable bonds is 0. The molecule has 0 amide bonds. The van der Waals surface area contributed by atoms with Gasteiger partial charge in [-0.15, -0.1) is 5.69 Å². The van der Waals surface area contributed by atoms with E-state index < -0.39 is 11.9 Å². The van der Waals surface area contributed by atoms with E-state index in [-0.39, 0.29) is 5.69 Å². The molecule has 1 N–H and O–H groups in total. The zero-order chi connectivity index (χ0) is 8.48. The average Bonchev–Trinajstić information content (AvgIpc) is 1.86. The minimum absolute atomic E-state index is 0.0296. The van der Waals surface area contributed by atoms with Gasteiger partial charge in [0.05, 0.1) is 0 Å². The molecule has 0 fully saturated rings. The molecule has 1 rings (SSSR count). The molecule has 11 heavy (non-hydrogen) atoms. The molecule has 5 heteroatoms. The standard InChI is InChI=1S/C6H4F3N2/c7-6(8,9)5-2-1-4(10)3-11-5/h1-3,10H/q-1. The van der Waals surface area contributed by atoms with E-state index in [0.29, 0.717) is 0 Å². The van der Waals surface area contributed by atoms with E-state index in [9.17, 15) is 13.2 Å². The van der Waals surface area contributed by atoms with Gasteiger partial charge in [0.2, 0.25) is 0 Å². The number of pyridine rings is 1. The summed E-state index contributed by atoms with van der Waals surface area (Å²) in [4.78, 5) is 3.04.